The van der Waals surface area contributed by atoms with Gasteiger partial charge >= 0.3 is 11.4 Å². The zero-order chi connectivity index (χ0) is 10.0. The van der Waals surface area contributed by atoms with Crippen LogP contribution in [0.25, 0.3) is 0 Å². The van der Waals surface area contributed by atoms with Crippen molar-refractivity contribution in [1.82, 2.24) is 9.80 Å². The lowest BCUT2D eigenvalue weighted by molar-refractivity contribution is -0.126. The van der Waals surface area contributed by atoms with Gasteiger partial charge in [0.25, 0.3) is 0 Å². The quantitative estimate of drug-likeness (QED) is 0.437. The maximum absolute atomic E-state index is 11.3. The van der Waals surface area contributed by atoms with Crippen molar-refractivity contribution in [2.75, 3.05) is 13.1 Å². The summed E-state index contributed by atoms with van der Waals surface area (Å²) in [6, 6.07) is -0.626. The van der Waals surface area contributed by atoms with E-state index in [2.05, 4.69) is 0 Å². The van der Waals surface area contributed by atoms with E-state index in [0.29, 0.717) is 13.0 Å². The SMILES string of the molecule is CC(=O)N1CCCN(C(=O)Cl)C1=O. The van der Waals surface area contributed by atoms with Gasteiger partial charge in [-0.3, -0.25) is 19.4 Å². The minimum Gasteiger partial charge on any atom is -0.275 e. The maximum Gasteiger partial charge on any atom is 0.334 e. The summed E-state index contributed by atoms with van der Waals surface area (Å²) in [5.74, 6) is -0.368. The van der Waals surface area contributed by atoms with Gasteiger partial charge in [0.1, 0.15) is 0 Å². The third kappa shape index (κ3) is 1.98. The van der Waals surface area contributed by atoms with Gasteiger partial charge in [0.15, 0.2) is 0 Å². The molecule has 0 N–H and O–H groups in total. The molecule has 72 valence electrons. The average Bonchev–Trinajstić information content (AvgIpc) is 2.03. The van der Waals surface area contributed by atoms with Crippen LogP contribution in [0.2, 0.25) is 0 Å². The molecular formula is C7H9ClN2O3. The van der Waals surface area contributed by atoms with Crippen LogP contribution in [0.3, 0.4) is 0 Å². The van der Waals surface area contributed by atoms with Crippen LogP contribution in [-0.4, -0.2) is 40.2 Å². The summed E-state index contributed by atoms with van der Waals surface area (Å²) in [5, 5.41) is -0.837. The van der Waals surface area contributed by atoms with Gasteiger partial charge in [-0.15, -0.1) is 0 Å². The van der Waals surface area contributed by atoms with Crippen molar-refractivity contribution in [2.45, 2.75) is 13.3 Å². The molecule has 0 bridgehead atoms. The number of halogens is 1. The Morgan fingerprint density at radius 3 is 2.31 bits per heavy atom. The molecule has 0 spiro atoms. The van der Waals surface area contributed by atoms with Gasteiger partial charge in [-0.2, -0.15) is 0 Å². The van der Waals surface area contributed by atoms with Gasteiger partial charge in [0.2, 0.25) is 5.91 Å². The molecule has 6 heteroatoms. The number of imide groups is 2. The van der Waals surface area contributed by atoms with E-state index in [0.717, 1.165) is 9.80 Å². The monoisotopic (exact) mass is 204 g/mol. The van der Waals surface area contributed by atoms with Gasteiger partial charge in [0, 0.05) is 20.0 Å². The number of hydrogen-bond donors (Lipinski definition) is 0. The van der Waals surface area contributed by atoms with Crippen molar-refractivity contribution < 1.29 is 14.4 Å². The summed E-state index contributed by atoms with van der Waals surface area (Å²) >= 11 is 5.15. The van der Waals surface area contributed by atoms with Gasteiger partial charge in [0.05, 0.1) is 0 Å². The number of rotatable bonds is 0. The van der Waals surface area contributed by atoms with Gasteiger partial charge in [-0.1, -0.05) is 0 Å². The molecule has 1 aliphatic rings. The molecular weight excluding hydrogens is 196 g/mol. The molecule has 13 heavy (non-hydrogen) atoms. The molecule has 0 radical (unpaired) electrons. The van der Waals surface area contributed by atoms with Gasteiger partial charge in [-0.05, 0) is 18.0 Å². The molecule has 1 aliphatic heterocycles. The second kappa shape index (κ2) is 3.74. The molecule has 0 aliphatic carbocycles. The average molecular weight is 205 g/mol. The first kappa shape index (κ1) is 9.98. The first-order valence-electron chi connectivity index (χ1n) is 3.83. The van der Waals surface area contributed by atoms with E-state index >= 15 is 0 Å². The fraction of sp³-hybridized carbons (Fsp3) is 0.571. The molecule has 4 amide bonds. The third-order valence-corrected chi connectivity index (χ3v) is 2.02. The summed E-state index contributed by atoms with van der Waals surface area (Å²) in [6.07, 6.45) is 0.573. The van der Waals surface area contributed by atoms with Gasteiger partial charge in [-0.25, -0.2) is 4.79 Å². The van der Waals surface area contributed by atoms with Crippen molar-refractivity contribution in [1.29, 1.82) is 0 Å². The second-order valence-electron chi connectivity index (χ2n) is 2.71. The largest absolute Gasteiger partial charge is 0.334 e. The summed E-state index contributed by atoms with van der Waals surface area (Å²) in [5.41, 5.74) is 0. The summed E-state index contributed by atoms with van der Waals surface area (Å²) in [7, 11) is 0. The number of amides is 4. The Bertz CT molecular complexity index is 242. The minimum absolute atomic E-state index is 0.283. The van der Waals surface area contributed by atoms with Crippen LogP contribution < -0.4 is 0 Å². The van der Waals surface area contributed by atoms with E-state index in [9.17, 15) is 14.4 Å². The van der Waals surface area contributed by atoms with Crippen LogP contribution in [0.15, 0.2) is 0 Å². The van der Waals surface area contributed by atoms with E-state index in [1.807, 2.05) is 0 Å². The van der Waals surface area contributed by atoms with Crippen LogP contribution in [0.1, 0.15) is 13.3 Å². The van der Waals surface area contributed by atoms with E-state index in [1.165, 1.54) is 6.92 Å². The van der Waals surface area contributed by atoms with Crippen molar-refractivity contribution >= 4 is 28.9 Å². The van der Waals surface area contributed by atoms with Crippen LogP contribution >= 0.6 is 11.6 Å². The topological polar surface area (TPSA) is 57.7 Å². The van der Waals surface area contributed by atoms with Crippen molar-refractivity contribution in [3.63, 3.8) is 0 Å². The number of hydrogen-bond acceptors (Lipinski definition) is 3. The lowest BCUT2D eigenvalue weighted by Crippen LogP contribution is -2.51. The van der Waals surface area contributed by atoms with E-state index < -0.39 is 11.4 Å². The fourth-order valence-electron chi connectivity index (χ4n) is 1.18. The predicted molar refractivity (Wildman–Crippen MR) is 45.4 cm³/mol. The second-order valence-corrected chi connectivity index (χ2v) is 3.03. The van der Waals surface area contributed by atoms with E-state index in [1.54, 1.807) is 0 Å². The molecule has 0 unspecified atom stereocenters. The predicted octanol–water partition coefficient (Wildman–Crippen LogP) is 1.02. The zero-order valence-electron chi connectivity index (χ0n) is 7.12. The molecule has 0 aromatic carbocycles. The molecule has 0 aromatic heterocycles. The first-order chi connectivity index (χ1) is 6.04. The van der Waals surface area contributed by atoms with Gasteiger partial charge < -0.3 is 0 Å². The Balaban J connectivity index is 2.77. The lowest BCUT2D eigenvalue weighted by atomic mass is 10.3. The van der Waals surface area contributed by atoms with Crippen LogP contribution in [0, 0.1) is 0 Å². The van der Waals surface area contributed by atoms with E-state index in [-0.39, 0.29) is 12.5 Å². The Labute approximate surface area is 80.2 Å². The lowest BCUT2D eigenvalue weighted by Gasteiger charge is -2.30. The summed E-state index contributed by atoms with van der Waals surface area (Å²) in [4.78, 5) is 34.8. The Kier molecular flexibility index (Phi) is 2.87. The molecule has 1 fully saturated rings. The molecule has 0 saturated carbocycles. The third-order valence-electron chi connectivity index (χ3n) is 1.82. The Hall–Kier alpha value is -1.10. The standard InChI is InChI=1S/C7H9ClN2O3/c1-5(11)9-3-2-4-10(6(8)12)7(9)13/h2-4H2,1H3. The normalized spacial score (nSPS) is 17.5. The number of carbonyl (C=O) groups is 3. The molecule has 0 aromatic rings. The highest BCUT2D eigenvalue weighted by Gasteiger charge is 2.31. The highest BCUT2D eigenvalue weighted by molar-refractivity contribution is 6.64. The number of urea groups is 1. The van der Waals surface area contributed by atoms with Crippen molar-refractivity contribution in [2.24, 2.45) is 0 Å². The number of carbonyl (C=O) groups excluding carboxylic acids is 3. The van der Waals surface area contributed by atoms with Crippen LogP contribution in [0.5, 0.6) is 0 Å². The highest BCUT2D eigenvalue weighted by Crippen LogP contribution is 2.11. The highest BCUT2D eigenvalue weighted by atomic mass is 35.5. The van der Waals surface area contributed by atoms with E-state index in [4.69, 9.17) is 11.6 Å². The fourth-order valence-corrected chi connectivity index (χ4v) is 1.34. The molecule has 5 nitrogen and oxygen atoms in total. The maximum atomic E-state index is 11.3. The number of nitrogens with zero attached hydrogens (tertiary/aromatic N) is 2. The zero-order valence-corrected chi connectivity index (χ0v) is 7.87. The smallest absolute Gasteiger partial charge is 0.275 e. The summed E-state index contributed by atoms with van der Waals surface area (Å²) < 4.78 is 0. The first-order valence-corrected chi connectivity index (χ1v) is 4.21. The Morgan fingerprint density at radius 1 is 1.31 bits per heavy atom. The van der Waals surface area contributed by atoms with Crippen LogP contribution in [0.4, 0.5) is 9.59 Å². The molecule has 1 rings (SSSR count). The van der Waals surface area contributed by atoms with Crippen molar-refractivity contribution in [3.05, 3.63) is 0 Å². The van der Waals surface area contributed by atoms with Crippen LogP contribution in [-0.2, 0) is 4.79 Å². The minimum atomic E-state index is -0.837. The molecule has 0 atom stereocenters. The molecule has 1 saturated heterocycles. The summed E-state index contributed by atoms with van der Waals surface area (Å²) in [6.45, 7) is 1.92. The molecule has 1 heterocycles. The Morgan fingerprint density at radius 2 is 1.85 bits per heavy atom. The van der Waals surface area contributed by atoms with Crippen molar-refractivity contribution in [3.8, 4) is 0 Å².